The Kier molecular flexibility index (Phi) is 10.3. The molecule has 36 heavy (non-hydrogen) atoms. The number of benzene rings is 4. The van der Waals surface area contributed by atoms with Gasteiger partial charge in [-0.25, -0.2) is 9.59 Å². The molecular formula is C26H16Cl4O6. The zero-order chi connectivity index (χ0) is 25.9. The molecule has 0 aliphatic heterocycles. The lowest BCUT2D eigenvalue weighted by Gasteiger charge is -2.07. The third-order valence-corrected chi connectivity index (χ3v) is 5.22. The van der Waals surface area contributed by atoms with Crippen LogP contribution >= 0.6 is 46.4 Å². The van der Waals surface area contributed by atoms with Crippen molar-refractivity contribution in [1.82, 2.24) is 0 Å². The van der Waals surface area contributed by atoms with Gasteiger partial charge < -0.3 is 18.9 Å². The van der Waals surface area contributed by atoms with E-state index in [1.165, 1.54) is 0 Å². The smallest absolute Gasteiger partial charge is 0.395 e. The molecule has 0 unspecified atom stereocenters. The van der Waals surface area contributed by atoms with Gasteiger partial charge in [-0.15, -0.1) is 0 Å². The van der Waals surface area contributed by atoms with Crippen molar-refractivity contribution in [2.45, 2.75) is 0 Å². The third kappa shape index (κ3) is 8.98. The van der Waals surface area contributed by atoms with E-state index in [2.05, 4.69) is 0 Å². The highest BCUT2D eigenvalue weighted by Gasteiger charge is 2.12. The number of carbonyl (C=O) groups is 2. The fraction of sp³-hybridized carbons (Fsp3) is 0. The summed E-state index contributed by atoms with van der Waals surface area (Å²) in [6, 6.07) is 26.0. The van der Waals surface area contributed by atoms with Crippen LogP contribution in [0.1, 0.15) is 0 Å². The average molecular weight is 566 g/mol. The lowest BCUT2D eigenvalue weighted by Crippen LogP contribution is -2.14. The molecule has 0 amide bonds. The molecule has 4 aromatic carbocycles. The highest BCUT2D eigenvalue weighted by molar-refractivity contribution is 6.32. The molecule has 4 rings (SSSR count). The van der Waals surface area contributed by atoms with Gasteiger partial charge >= 0.3 is 12.3 Å². The monoisotopic (exact) mass is 564 g/mol. The average Bonchev–Trinajstić information content (AvgIpc) is 2.85. The van der Waals surface area contributed by atoms with Crippen LogP contribution in [0.15, 0.2) is 97.1 Å². The summed E-state index contributed by atoms with van der Waals surface area (Å²) in [5.41, 5.74) is 0. The van der Waals surface area contributed by atoms with Gasteiger partial charge in [-0.1, -0.05) is 70.7 Å². The van der Waals surface area contributed by atoms with E-state index < -0.39 is 12.3 Å². The second-order valence-corrected chi connectivity index (χ2v) is 8.36. The molecule has 0 aliphatic carbocycles. The summed E-state index contributed by atoms with van der Waals surface area (Å²) in [6.07, 6.45) is -1.71. The highest BCUT2D eigenvalue weighted by Crippen LogP contribution is 2.26. The summed E-state index contributed by atoms with van der Waals surface area (Å²) in [5, 5.41) is 1.78. The number of hydrogen-bond acceptors (Lipinski definition) is 6. The number of hydrogen-bond donors (Lipinski definition) is 0. The SMILES string of the molecule is O=C(Oc1ccc(Cl)cc1)Oc1ccc(Cl)cc1.O=C(Oc1ccccc1Cl)Oc1ccccc1Cl. The first-order valence-electron chi connectivity index (χ1n) is 10.1. The molecule has 0 saturated carbocycles. The number of carbonyl (C=O) groups excluding carboxylic acids is 2. The second kappa shape index (κ2) is 13.6. The second-order valence-electron chi connectivity index (χ2n) is 6.68. The van der Waals surface area contributed by atoms with Gasteiger partial charge in [0, 0.05) is 10.0 Å². The molecule has 184 valence electrons. The Labute approximate surface area is 226 Å². The van der Waals surface area contributed by atoms with Crippen LogP contribution in [0.5, 0.6) is 23.0 Å². The van der Waals surface area contributed by atoms with Crippen molar-refractivity contribution in [3.8, 4) is 23.0 Å². The first-order chi connectivity index (χ1) is 17.3. The van der Waals surface area contributed by atoms with Crippen LogP contribution in [0.4, 0.5) is 9.59 Å². The van der Waals surface area contributed by atoms with Crippen LogP contribution in [-0.4, -0.2) is 12.3 Å². The molecule has 0 spiro atoms. The summed E-state index contributed by atoms with van der Waals surface area (Å²) in [6.45, 7) is 0. The maximum absolute atomic E-state index is 11.5. The minimum Gasteiger partial charge on any atom is -0.395 e. The van der Waals surface area contributed by atoms with E-state index in [0.717, 1.165) is 0 Å². The van der Waals surface area contributed by atoms with Crippen molar-refractivity contribution in [3.63, 3.8) is 0 Å². The van der Waals surface area contributed by atoms with Gasteiger partial charge in [-0.2, -0.15) is 0 Å². The van der Waals surface area contributed by atoms with E-state index in [-0.39, 0.29) is 11.5 Å². The lowest BCUT2D eigenvalue weighted by molar-refractivity contribution is 0.150. The van der Waals surface area contributed by atoms with E-state index in [0.29, 0.717) is 31.6 Å². The molecule has 0 radical (unpaired) electrons. The molecule has 0 bridgehead atoms. The Hall–Kier alpha value is -3.42. The van der Waals surface area contributed by atoms with Crippen molar-refractivity contribution < 1.29 is 28.5 Å². The third-order valence-electron chi connectivity index (χ3n) is 4.09. The Morgan fingerprint density at radius 2 is 0.778 bits per heavy atom. The standard InChI is InChI=1S/2C13H8Cl2O3/c14-9-1-5-11(6-2-9)17-13(16)18-12-7-3-10(15)4-8-12;14-9-5-1-3-7-11(9)17-13(16)18-12-8-4-2-6-10(12)15/h2*1-8H. The highest BCUT2D eigenvalue weighted by atomic mass is 35.5. The van der Waals surface area contributed by atoms with Gasteiger partial charge in [-0.05, 0) is 72.8 Å². The Balaban J connectivity index is 0.000000201. The van der Waals surface area contributed by atoms with Crippen LogP contribution in [-0.2, 0) is 0 Å². The summed E-state index contributed by atoms with van der Waals surface area (Å²) in [4.78, 5) is 23.0. The minimum atomic E-state index is -0.892. The molecule has 0 aromatic heterocycles. The van der Waals surface area contributed by atoms with Crippen LogP contribution in [0.25, 0.3) is 0 Å². The number of rotatable bonds is 4. The van der Waals surface area contributed by atoms with Gasteiger partial charge in [0.2, 0.25) is 0 Å². The number of para-hydroxylation sites is 2. The quantitative estimate of drug-likeness (QED) is 0.181. The molecule has 0 atom stereocenters. The molecule has 0 N–H and O–H groups in total. The maximum Gasteiger partial charge on any atom is 0.519 e. The van der Waals surface area contributed by atoms with Crippen molar-refractivity contribution in [3.05, 3.63) is 117 Å². The Morgan fingerprint density at radius 1 is 0.444 bits per heavy atom. The maximum atomic E-state index is 11.5. The van der Waals surface area contributed by atoms with Crippen LogP contribution in [0.2, 0.25) is 20.1 Å². The van der Waals surface area contributed by atoms with E-state index in [9.17, 15) is 9.59 Å². The Bertz CT molecular complexity index is 1210. The number of ether oxygens (including phenoxy) is 4. The topological polar surface area (TPSA) is 71.1 Å². The predicted molar refractivity (Wildman–Crippen MR) is 139 cm³/mol. The summed E-state index contributed by atoms with van der Waals surface area (Å²) in [7, 11) is 0. The zero-order valence-corrected chi connectivity index (χ0v) is 21.2. The largest absolute Gasteiger partial charge is 0.519 e. The summed E-state index contributed by atoms with van der Waals surface area (Å²) in [5.74, 6) is 1.18. The Morgan fingerprint density at radius 3 is 1.14 bits per heavy atom. The fourth-order valence-electron chi connectivity index (χ4n) is 2.47. The molecular weight excluding hydrogens is 550 g/mol. The summed E-state index contributed by atoms with van der Waals surface area (Å²) < 4.78 is 19.8. The zero-order valence-electron chi connectivity index (χ0n) is 18.2. The van der Waals surface area contributed by atoms with Crippen molar-refractivity contribution in [2.75, 3.05) is 0 Å². The van der Waals surface area contributed by atoms with Gasteiger partial charge in [0.15, 0.2) is 11.5 Å². The molecule has 10 heteroatoms. The van der Waals surface area contributed by atoms with Gasteiger partial charge in [0.25, 0.3) is 0 Å². The molecule has 0 heterocycles. The minimum absolute atomic E-state index is 0.233. The molecule has 6 nitrogen and oxygen atoms in total. The molecule has 0 aliphatic rings. The van der Waals surface area contributed by atoms with Crippen molar-refractivity contribution in [1.29, 1.82) is 0 Å². The fourth-order valence-corrected chi connectivity index (χ4v) is 3.07. The molecule has 0 saturated heterocycles. The normalized spacial score (nSPS) is 9.89. The van der Waals surface area contributed by atoms with E-state index in [1.54, 1.807) is 97.1 Å². The van der Waals surface area contributed by atoms with Crippen molar-refractivity contribution in [2.24, 2.45) is 0 Å². The summed E-state index contributed by atoms with van der Waals surface area (Å²) >= 11 is 23.1. The molecule has 0 fully saturated rings. The first kappa shape index (κ1) is 27.2. The van der Waals surface area contributed by atoms with Crippen LogP contribution < -0.4 is 18.9 Å². The predicted octanol–water partition coefficient (Wildman–Crippen LogP) is 9.14. The van der Waals surface area contributed by atoms with Crippen molar-refractivity contribution >= 4 is 58.7 Å². The van der Waals surface area contributed by atoms with Gasteiger partial charge in [0.05, 0.1) is 10.0 Å². The van der Waals surface area contributed by atoms with Gasteiger partial charge in [0.1, 0.15) is 11.5 Å². The van der Waals surface area contributed by atoms with Crippen LogP contribution in [0, 0.1) is 0 Å². The van der Waals surface area contributed by atoms with E-state index in [1.807, 2.05) is 0 Å². The first-order valence-corrected chi connectivity index (χ1v) is 11.6. The number of halogens is 4. The lowest BCUT2D eigenvalue weighted by atomic mass is 10.3. The molecule has 4 aromatic rings. The van der Waals surface area contributed by atoms with Crippen LogP contribution in [0.3, 0.4) is 0 Å². The van der Waals surface area contributed by atoms with E-state index >= 15 is 0 Å². The van der Waals surface area contributed by atoms with Gasteiger partial charge in [-0.3, -0.25) is 0 Å². The van der Waals surface area contributed by atoms with E-state index in [4.69, 9.17) is 65.4 Å².